The second-order valence-corrected chi connectivity index (χ2v) is 7.19. The van der Waals surface area contributed by atoms with Gasteiger partial charge in [-0.3, -0.25) is 4.79 Å². The van der Waals surface area contributed by atoms with Gasteiger partial charge in [-0.15, -0.1) is 0 Å². The molecule has 0 unspecified atom stereocenters. The predicted molar refractivity (Wildman–Crippen MR) is 105 cm³/mol. The van der Waals surface area contributed by atoms with E-state index in [9.17, 15) is 9.90 Å². The first-order valence-corrected chi connectivity index (χ1v) is 9.78. The van der Waals surface area contributed by atoms with E-state index in [4.69, 9.17) is 9.47 Å². The molecule has 1 atom stereocenters. The lowest BCUT2D eigenvalue weighted by Gasteiger charge is -2.38. The largest absolute Gasteiger partial charge is 0.489 e. The van der Waals surface area contributed by atoms with Crippen molar-refractivity contribution < 1.29 is 19.4 Å². The maximum absolute atomic E-state index is 12.6. The van der Waals surface area contributed by atoms with Crippen molar-refractivity contribution in [2.45, 2.75) is 57.2 Å². The number of carbonyl (C=O) groups excluding carboxylic acids is 1. The zero-order valence-corrected chi connectivity index (χ0v) is 15.9. The molecule has 0 heterocycles. The molecule has 1 saturated carbocycles. The molecule has 0 radical (unpaired) electrons. The number of esters is 1. The Morgan fingerprint density at radius 1 is 1.04 bits per heavy atom. The number of aliphatic hydroxyl groups is 1. The minimum atomic E-state index is -1.03. The van der Waals surface area contributed by atoms with Crippen LogP contribution in [0, 0.1) is 0 Å². The summed E-state index contributed by atoms with van der Waals surface area (Å²) in [5.41, 5.74) is 0.851. The van der Waals surface area contributed by atoms with E-state index in [1.54, 1.807) is 6.92 Å². The quantitative estimate of drug-likeness (QED) is 0.725. The Balaban J connectivity index is 1.75. The Kier molecular flexibility index (Phi) is 6.51. The second-order valence-electron chi connectivity index (χ2n) is 7.19. The van der Waals surface area contributed by atoms with Crippen LogP contribution in [0.5, 0.6) is 5.75 Å². The lowest BCUT2D eigenvalue weighted by Crippen LogP contribution is -2.43. The van der Waals surface area contributed by atoms with E-state index in [0.717, 1.165) is 36.1 Å². The minimum Gasteiger partial charge on any atom is -0.489 e. The number of hydrogen-bond donors (Lipinski definition) is 1. The highest BCUT2D eigenvalue weighted by molar-refractivity contribution is 5.80. The summed E-state index contributed by atoms with van der Waals surface area (Å²) in [5, 5.41) is 11.2. The van der Waals surface area contributed by atoms with Crippen molar-refractivity contribution in [2.75, 3.05) is 6.61 Å². The lowest BCUT2D eigenvalue weighted by atomic mass is 9.73. The standard InChI is InChI=1S/C23H28O4/c1-2-26-22(24)21(23(25)15-7-4-8-16-23)19-11-13-20(14-12-19)27-17-18-9-5-3-6-10-18/h3,5-6,9-14,21,25H,2,4,7-8,15-17H2,1H3/t21-/m0/s1. The molecule has 1 aliphatic rings. The van der Waals surface area contributed by atoms with Gasteiger partial charge in [-0.1, -0.05) is 61.7 Å². The molecule has 0 bridgehead atoms. The highest BCUT2D eigenvalue weighted by Gasteiger charge is 2.44. The molecule has 27 heavy (non-hydrogen) atoms. The Labute approximate surface area is 161 Å². The molecule has 3 rings (SSSR count). The van der Waals surface area contributed by atoms with Crippen LogP contribution in [0.15, 0.2) is 54.6 Å². The Morgan fingerprint density at radius 3 is 2.33 bits per heavy atom. The number of ether oxygens (including phenoxy) is 2. The molecule has 0 spiro atoms. The van der Waals surface area contributed by atoms with Gasteiger partial charge in [0.1, 0.15) is 18.3 Å². The third-order valence-corrected chi connectivity index (χ3v) is 5.24. The smallest absolute Gasteiger partial charge is 0.316 e. The maximum Gasteiger partial charge on any atom is 0.316 e. The molecule has 2 aromatic carbocycles. The van der Waals surface area contributed by atoms with E-state index >= 15 is 0 Å². The van der Waals surface area contributed by atoms with Crippen LogP contribution in [-0.2, 0) is 16.1 Å². The van der Waals surface area contributed by atoms with Crippen LogP contribution in [0.4, 0.5) is 0 Å². The SMILES string of the molecule is CCOC(=O)[C@H](c1ccc(OCc2ccccc2)cc1)C1(O)CCCCC1. The van der Waals surface area contributed by atoms with Gasteiger partial charge in [0.2, 0.25) is 0 Å². The Bertz CT molecular complexity index is 718. The topological polar surface area (TPSA) is 55.8 Å². The van der Waals surface area contributed by atoms with Crippen LogP contribution < -0.4 is 4.74 Å². The van der Waals surface area contributed by atoms with Gasteiger partial charge in [-0.2, -0.15) is 0 Å². The monoisotopic (exact) mass is 368 g/mol. The van der Waals surface area contributed by atoms with E-state index in [1.807, 2.05) is 54.6 Å². The van der Waals surface area contributed by atoms with Crippen LogP contribution in [-0.4, -0.2) is 23.3 Å². The van der Waals surface area contributed by atoms with Gasteiger partial charge in [0, 0.05) is 0 Å². The van der Waals surface area contributed by atoms with Gasteiger partial charge in [0.05, 0.1) is 12.2 Å². The number of benzene rings is 2. The van der Waals surface area contributed by atoms with E-state index in [2.05, 4.69) is 0 Å². The molecular formula is C23H28O4. The van der Waals surface area contributed by atoms with Crippen LogP contribution in [0.25, 0.3) is 0 Å². The molecule has 0 aromatic heterocycles. The molecule has 4 nitrogen and oxygen atoms in total. The average Bonchev–Trinajstić information content (AvgIpc) is 2.69. The van der Waals surface area contributed by atoms with Crippen LogP contribution in [0.1, 0.15) is 56.1 Å². The lowest BCUT2D eigenvalue weighted by molar-refractivity contribution is -0.154. The van der Waals surface area contributed by atoms with Crippen LogP contribution in [0.3, 0.4) is 0 Å². The van der Waals surface area contributed by atoms with Crippen LogP contribution >= 0.6 is 0 Å². The number of hydrogen-bond acceptors (Lipinski definition) is 4. The van der Waals surface area contributed by atoms with Crippen LogP contribution in [0.2, 0.25) is 0 Å². The Hall–Kier alpha value is -2.33. The highest BCUT2D eigenvalue weighted by Crippen LogP contribution is 2.41. The minimum absolute atomic E-state index is 0.309. The fourth-order valence-electron chi connectivity index (χ4n) is 3.84. The highest BCUT2D eigenvalue weighted by atomic mass is 16.5. The van der Waals surface area contributed by atoms with Crippen molar-refractivity contribution in [3.63, 3.8) is 0 Å². The summed E-state index contributed by atoms with van der Waals surface area (Å²) < 4.78 is 11.1. The summed E-state index contributed by atoms with van der Waals surface area (Å²) in [6.07, 6.45) is 4.23. The zero-order valence-electron chi connectivity index (χ0n) is 15.9. The third kappa shape index (κ3) is 4.89. The van der Waals surface area contributed by atoms with Gasteiger partial charge in [-0.25, -0.2) is 0 Å². The van der Waals surface area contributed by atoms with Crippen molar-refractivity contribution in [1.82, 2.24) is 0 Å². The predicted octanol–water partition coefficient (Wildman–Crippen LogP) is 4.61. The number of carbonyl (C=O) groups is 1. The average molecular weight is 368 g/mol. The molecule has 1 N–H and O–H groups in total. The van der Waals surface area contributed by atoms with Crippen molar-refractivity contribution >= 4 is 5.97 Å². The van der Waals surface area contributed by atoms with Crippen molar-refractivity contribution in [2.24, 2.45) is 0 Å². The van der Waals surface area contributed by atoms with E-state index in [-0.39, 0.29) is 5.97 Å². The van der Waals surface area contributed by atoms with E-state index in [1.165, 1.54) is 0 Å². The first-order valence-electron chi connectivity index (χ1n) is 9.78. The second kappa shape index (κ2) is 9.05. The summed E-state index contributed by atoms with van der Waals surface area (Å²) in [7, 11) is 0. The zero-order chi connectivity index (χ0) is 19.1. The first kappa shape index (κ1) is 19.4. The fraction of sp³-hybridized carbons (Fsp3) is 0.435. The molecule has 0 saturated heterocycles. The van der Waals surface area contributed by atoms with E-state index in [0.29, 0.717) is 26.1 Å². The van der Waals surface area contributed by atoms with Crippen molar-refractivity contribution in [1.29, 1.82) is 0 Å². The van der Waals surface area contributed by atoms with Gasteiger partial charge < -0.3 is 14.6 Å². The number of rotatable bonds is 7. The molecule has 144 valence electrons. The molecule has 2 aromatic rings. The maximum atomic E-state index is 12.6. The molecule has 1 fully saturated rings. The fourth-order valence-corrected chi connectivity index (χ4v) is 3.84. The van der Waals surface area contributed by atoms with Gasteiger partial charge in [0.25, 0.3) is 0 Å². The molecule has 0 aliphatic heterocycles. The summed E-state index contributed by atoms with van der Waals surface area (Å²) in [6.45, 7) is 2.59. The summed E-state index contributed by atoms with van der Waals surface area (Å²) in [4.78, 5) is 12.6. The van der Waals surface area contributed by atoms with Crippen molar-refractivity contribution in [3.05, 3.63) is 65.7 Å². The summed E-state index contributed by atoms with van der Waals surface area (Å²) in [5.74, 6) is -0.262. The van der Waals surface area contributed by atoms with Gasteiger partial charge in [0.15, 0.2) is 0 Å². The Morgan fingerprint density at radius 2 is 1.70 bits per heavy atom. The molecular weight excluding hydrogens is 340 g/mol. The third-order valence-electron chi connectivity index (χ3n) is 5.24. The molecule has 1 aliphatic carbocycles. The normalized spacial score (nSPS) is 17.1. The molecule has 0 amide bonds. The summed E-state index contributed by atoms with van der Waals surface area (Å²) >= 11 is 0. The molecule has 4 heteroatoms. The summed E-state index contributed by atoms with van der Waals surface area (Å²) in [6, 6.07) is 17.4. The van der Waals surface area contributed by atoms with Gasteiger partial charge in [-0.05, 0) is 43.0 Å². The van der Waals surface area contributed by atoms with Gasteiger partial charge >= 0.3 is 5.97 Å². The van der Waals surface area contributed by atoms with E-state index < -0.39 is 11.5 Å². The van der Waals surface area contributed by atoms with Crippen molar-refractivity contribution in [3.8, 4) is 5.75 Å². The first-order chi connectivity index (χ1) is 13.1.